The highest BCUT2D eigenvalue weighted by molar-refractivity contribution is 7.89. The van der Waals surface area contributed by atoms with E-state index in [0.717, 1.165) is 49.5 Å². The summed E-state index contributed by atoms with van der Waals surface area (Å²) < 4.78 is 24.1. The van der Waals surface area contributed by atoms with Gasteiger partial charge in [-0.3, -0.25) is 15.5 Å². The van der Waals surface area contributed by atoms with Gasteiger partial charge in [-0.15, -0.1) is 0 Å². The summed E-state index contributed by atoms with van der Waals surface area (Å²) >= 11 is 6.08. The zero-order valence-electron chi connectivity index (χ0n) is 26.2. The number of hydrogen-bond donors (Lipinski definition) is 4. The third-order valence-electron chi connectivity index (χ3n) is 11.6. The summed E-state index contributed by atoms with van der Waals surface area (Å²) in [7, 11) is -4.04. The van der Waals surface area contributed by atoms with Crippen LogP contribution in [0.2, 0.25) is 5.02 Å². The Morgan fingerprint density at radius 3 is 2.39 bits per heavy atom. The number of nitrogens with zero attached hydrogens (tertiary/aromatic N) is 2. The molecule has 1 spiro atoms. The van der Waals surface area contributed by atoms with Crippen molar-refractivity contribution in [1.82, 2.24) is 9.80 Å². The fraction of sp³-hybridized carbons (Fsp3) is 0.457. The van der Waals surface area contributed by atoms with Gasteiger partial charge in [-0.1, -0.05) is 48.0 Å². The number of rotatable bonds is 9. The van der Waals surface area contributed by atoms with Gasteiger partial charge in [0.05, 0.1) is 16.4 Å². The standard InChI is InChI=1S/C35H43ClN6O3S/c1-23-6-2-3-7-27(23)34(14-17-41(18-15-34)33(43)24-10-11-28(36)31(20-24)46(38,44)45)16-19-42-32-22-26(21-25-12-13-35(25,32)42)39-29-8-4-5-9-30(29)40-37/h2-11,20,25-26,32,39-40H,12-19,21-22,37H2,1H3,(H2,38,44,45)/t25-,26+,32-,35?,42?/m0/s1. The summed E-state index contributed by atoms with van der Waals surface area (Å²) in [6.45, 7) is 4.43. The zero-order valence-corrected chi connectivity index (χ0v) is 27.8. The highest BCUT2D eigenvalue weighted by Crippen LogP contribution is 2.65. The Bertz CT molecular complexity index is 1760. The van der Waals surface area contributed by atoms with Crippen LogP contribution in [-0.2, 0) is 15.4 Å². The molecule has 2 saturated carbocycles. The molecule has 9 nitrogen and oxygen atoms in total. The summed E-state index contributed by atoms with van der Waals surface area (Å²) in [5.74, 6) is 6.31. The number of nitrogen functional groups attached to an aromatic ring is 1. The first-order valence-corrected chi connectivity index (χ1v) is 18.2. The number of sulfonamides is 1. The molecule has 0 bridgehead atoms. The lowest BCUT2D eigenvalue weighted by molar-refractivity contribution is 0.0648. The van der Waals surface area contributed by atoms with Gasteiger partial charge >= 0.3 is 0 Å². The van der Waals surface area contributed by atoms with E-state index in [1.165, 1.54) is 42.5 Å². The summed E-state index contributed by atoms with van der Waals surface area (Å²) in [5.41, 5.74) is 8.09. The van der Waals surface area contributed by atoms with Crippen LogP contribution in [-0.4, -0.2) is 61.4 Å². The molecule has 7 rings (SSSR count). The Kier molecular flexibility index (Phi) is 8.08. The summed E-state index contributed by atoms with van der Waals surface area (Å²) in [5, 5.41) is 9.16. The number of hydrazine groups is 1. The van der Waals surface area contributed by atoms with Crippen LogP contribution >= 0.6 is 11.6 Å². The van der Waals surface area contributed by atoms with Gasteiger partial charge in [0.1, 0.15) is 4.90 Å². The highest BCUT2D eigenvalue weighted by atomic mass is 35.5. The number of amides is 1. The molecule has 3 aromatic carbocycles. The van der Waals surface area contributed by atoms with Gasteiger partial charge < -0.3 is 15.6 Å². The molecule has 6 N–H and O–H groups in total. The monoisotopic (exact) mass is 662 g/mol. The molecule has 4 aliphatic rings. The van der Waals surface area contributed by atoms with Crippen LogP contribution in [0.25, 0.3) is 0 Å². The molecule has 2 aliphatic carbocycles. The molecule has 46 heavy (non-hydrogen) atoms. The third-order valence-corrected chi connectivity index (χ3v) is 13.0. The number of primary sulfonamides is 1. The number of halogens is 1. The van der Waals surface area contributed by atoms with Crippen molar-refractivity contribution in [2.75, 3.05) is 30.4 Å². The maximum Gasteiger partial charge on any atom is 0.253 e. The molecule has 5 atom stereocenters. The molecule has 0 aromatic heterocycles. The quantitative estimate of drug-likeness (QED) is 0.140. The van der Waals surface area contributed by atoms with Gasteiger partial charge in [0.25, 0.3) is 5.91 Å². The van der Waals surface area contributed by atoms with Gasteiger partial charge in [-0.2, -0.15) is 0 Å². The lowest BCUT2D eigenvalue weighted by Gasteiger charge is -2.45. The lowest BCUT2D eigenvalue weighted by atomic mass is 9.63. The zero-order chi connectivity index (χ0) is 32.3. The Morgan fingerprint density at radius 2 is 1.72 bits per heavy atom. The van der Waals surface area contributed by atoms with E-state index in [9.17, 15) is 13.2 Å². The molecular formula is C35H43ClN6O3S. The highest BCUT2D eigenvalue weighted by Gasteiger charge is 2.72. The van der Waals surface area contributed by atoms with E-state index < -0.39 is 10.0 Å². The van der Waals surface area contributed by atoms with Crippen LogP contribution in [0.1, 0.15) is 66.4 Å². The first-order chi connectivity index (χ1) is 22.1. The van der Waals surface area contributed by atoms with Crippen molar-refractivity contribution in [1.29, 1.82) is 0 Å². The first-order valence-electron chi connectivity index (χ1n) is 16.3. The fourth-order valence-electron chi connectivity index (χ4n) is 9.07. The van der Waals surface area contributed by atoms with E-state index in [2.05, 4.69) is 52.9 Å². The Hall–Kier alpha value is -3.15. The minimum atomic E-state index is -4.04. The van der Waals surface area contributed by atoms with Crippen molar-refractivity contribution in [2.45, 2.75) is 79.8 Å². The van der Waals surface area contributed by atoms with Gasteiger partial charge in [0.15, 0.2) is 0 Å². The van der Waals surface area contributed by atoms with Crippen LogP contribution < -0.4 is 21.7 Å². The average molecular weight is 663 g/mol. The summed E-state index contributed by atoms with van der Waals surface area (Å²) in [6.07, 6.45) is 7.64. The van der Waals surface area contributed by atoms with Crippen molar-refractivity contribution in [3.8, 4) is 0 Å². The molecule has 244 valence electrons. The van der Waals surface area contributed by atoms with Crippen molar-refractivity contribution >= 4 is 38.9 Å². The lowest BCUT2D eigenvalue weighted by Crippen LogP contribution is -2.48. The molecular weight excluding hydrogens is 620 g/mol. The van der Waals surface area contributed by atoms with E-state index >= 15 is 0 Å². The second kappa shape index (κ2) is 11.8. The number of aryl methyl sites for hydroxylation is 1. The maximum atomic E-state index is 13.6. The van der Waals surface area contributed by atoms with E-state index in [1.807, 2.05) is 23.1 Å². The normalized spacial score (nSPS) is 28.0. The van der Waals surface area contributed by atoms with Crippen molar-refractivity contribution < 1.29 is 13.2 Å². The maximum absolute atomic E-state index is 13.6. The van der Waals surface area contributed by atoms with Gasteiger partial charge in [-0.25, -0.2) is 13.6 Å². The predicted octanol–water partition coefficient (Wildman–Crippen LogP) is 5.25. The van der Waals surface area contributed by atoms with Gasteiger partial charge in [-0.05, 0) is 106 Å². The second-order valence-electron chi connectivity index (χ2n) is 13.8. The fourth-order valence-corrected chi connectivity index (χ4v) is 10.1. The number of hydrogen-bond acceptors (Lipinski definition) is 7. The number of carbonyl (C=O) groups excluding carboxylic acids is 1. The molecule has 11 heteroatoms. The van der Waals surface area contributed by atoms with Crippen molar-refractivity contribution in [3.63, 3.8) is 0 Å². The molecule has 4 fully saturated rings. The molecule has 2 aliphatic heterocycles. The number of anilines is 2. The van der Waals surface area contributed by atoms with Gasteiger partial charge in [0, 0.05) is 41.7 Å². The predicted molar refractivity (Wildman–Crippen MR) is 182 cm³/mol. The number of nitrogens with one attached hydrogen (secondary N) is 2. The molecule has 2 saturated heterocycles. The van der Waals surface area contributed by atoms with E-state index in [-0.39, 0.29) is 26.8 Å². The smallest absolute Gasteiger partial charge is 0.253 e. The minimum absolute atomic E-state index is 0.0135. The van der Waals surface area contributed by atoms with Crippen molar-refractivity contribution in [2.24, 2.45) is 16.9 Å². The van der Waals surface area contributed by atoms with Crippen LogP contribution in [0.15, 0.2) is 71.6 Å². The third kappa shape index (κ3) is 5.38. The molecule has 3 aromatic rings. The van der Waals surface area contributed by atoms with Crippen LogP contribution in [0.4, 0.5) is 11.4 Å². The number of piperidine rings is 1. The molecule has 0 radical (unpaired) electrons. The van der Waals surface area contributed by atoms with E-state index in [1.54, 1.807) is 6.07 Å². The SMILES string of the molecule is Cc1ccccc1C1(CCN2[C@H]3C[C@H](Nc4ccccc4NN)C[C@@H]4CCC432)CCN(C(=O)c2ccc(Cl)c(S(N)(=O)=O)c2)CC1. The number of benzene rings is 3. The molecule has 2 heterocycles. The Labute approximate surface area is 276 Å². The largest absolute Gasteiger partial charge is 0.381 e. The number of para-hydroxylation sites is 2. The van der Waals surface area contributed by atoms with Crippen LogP contribution in [0.5, 0.6) is 0 Å². The van der Waals surface area contributed by atoms with Gasteiger partial charge in [0.2, 0.25) is 10.0 Å². The topological polar surface area (TPSA) is 134 Å². The average Bonchev–Trinajstić information content (AvgIpc) is 3.71. The first kappa shape index (κ1) is 31.4. The van der Waals surface area contributed by atoms with E-state index in [4.69, 9.17) is 22.6 Å². The Morgan fingerprint density at radius 1 is 1.00 bits per heavy atom. The number of nitrogens with two attached hydrogens (primary N) is 2. The Balaban J connectivity index is 1.06. The summed E-state index contributed by atoms with van der Waals surface area (Å²) in [6, 6.07) is 22.2. The van der Waals surface area contributed by atoms with E-state index in [0.29, 0.717) is 30.7 Å². The second-order valence-corrected chi connectivity index (χ2v) is 15.7. The molecule has 1 amide bonds. The summed E-state index contributed by atoms with van der Waals surface area (Å²) in [4.78, 5) is 18.0. The minimum Gasteiger partial charge on any atom is -0.381 e. The van der Waals surface area contributed by atoms with Crippen molar-refractivity contribution in [3.05, 3.63) is 88.4 Å². The molecule has 2 unspecified atom stereocenters. The number of carbonyl (C=O) groups is 1. The van der Waals surface area contributed by atoms with Crippen LogP contribution in [0, 0.1) is 12.8 Å². The number of likely N-dealkylation sites (tertiary alicyclic amines) is 2. The van der Waals surface area contributed by atoms with Crippen LogP contribution in [0.3, 0.4) is 0 Å².